The molecule has 1 aliphatic rings. The fraction of sp³-hybridized carbons (Fsp3) is 0.391. The fourth-order valence-electron chi connectivity index (χ4n) is 4.30. The zero-order valence-corrected chi connectivity index (χ0v) is 19.2. The van der Waals surface area contributed by atoms with Crippen LogP contribution in [0.3, 0.4) is 0 Å². The molecule has 0 aliphatic carbocycles. The molecule has 0 saturated carbocycles. The van der Waals surface area contributed by atoms with E-state index in [-0.39, 0.29) is 22.1 Å². The number of sulfonamides is 1. The lowest BCUT2D eigenvalue weighted by Gasteiger charge is -2.31. The predicted octanol–water partition coefficient (Wildman–Crippen LogP) is 3.36. The van der Waals surface area contributed by atoms with E-state index in [1.165, 1.54) is 28.6 Å². The molecule has 0 atom stereocenters. The Hall–Kier alpha value is -3.11. The molecule has 0 bridgehead atoms. The van der Waals surface area contributed by atoms with E-state index in [2.05, 4.69) is 0 Å². The van der Waals surface area contributed by atoms with Crippen LogP contribution in [0.2, 0.25) is 0 Å². The van der Waals surface area contributed by atoms with Crippen molar-refractivity contribution in [3.05, 3.63) is 74.8 Å². The molecule has 0 spiro atoms. The van der Waals surface area contributed by atoms with E-state index in [0.29, 0.717) is 49.8 Å². The molecule has 1 saturated heterocycles. The van der Waals surface area contributed by atoms with Gasteiger partial charge in [-0.15, -0.1) is 0 Å². The monoisotopic (exact) mass is 470 g/mol. The summed E-state index contributed by atoms with van der Waals surface area (Å²) in [5.74, 6) is 0.923. The van der Waals surface area contributed by atoms with E-state index < -0.39 is 14.9 Å². The Morgan fingerprint density at radius 3 is 2.39 bits per heavy atom. The van der Waals surface area contributed by atoms with Crippen LogP contribution in [-0.2, 0) is 23.0 Å². The maximum atomic E-state index is 13.2. The number of aromatic nitrogens is 2. The van der Waals surface area contributed by atoms with Crippen LogP contribution < -0.4 is 5.56 Å². The number of piperidine rings is 1. The first-order valence-corrected chi connectivity index (χ1v) is 12.5. The number of nitrogens with zero attached hydrogens (tertiary/aromatic N) is 4. The van der Waals surface area contributed by atoms with Gasteiger partial charge in [0.2, 0.25) is 10.0 Å². The molecule has 1 aliphatic heterocycles. The number of hydrogen-bond acceptors (Lipinski definition) is 6. The van der Waals surface area contributed by atoms with Crippen molar-refractivity contribution in [1.82, 2.24) is 13.9 Å². The highest BCUT2D eigenvalue weighted by Crippen LogP contribution is 2.26. The van der Waals surface area contributed by atoms with Crippen molar-refractivity contribution in [2.45, 2.75) is 44.0 Å². The van der Waals surface area contributed by atoms with Crippen molar-refractivity contribution in [2.24, 2.45) is 5.92 Å². The number of hydrogen-bond donors (Lipinski definition) is 0. The zero-order chi connectivity index (χ0) is 23.6. The van der Waals surface area contributed by atoms with Gasteiger partial charge >= 0.3 is 0 Å². The van der Waals surface area contributed by atoms with E-state index in [1.54, 1.807) is 10.6 Å². The van der Waals surface area contributed by atoms with Gasteiger partial charge in [-0.1, -0.05) is 19.1 Å². The highest BCUT2D eigenvalue weighted by Gasteiger charge is 2.30. The average molecular weight is 471 g/mol. The molecule has 0 N–H and O–H groups in total. The Morgan fingerprint density at radius 1 is 1.09 bits per heavy atom. The molecule has 33 heavy (non-hydrogen) atoms. The molecule has 4 rings (SSSR count). The number of nitro groups is 1. The summed E-state index contributed by atoms with van der Waals surface area (Å²) in [6, 6.07) is 12.3. The largest absolute Gasteiger partial charge is 0.296 e. The van der Waals surface area contributed by atoms with Gasteiger partial charge in [0, 0.05) is 38.2 Å². The first kappa shape index (κ1) is 23.1. The van der Waals surface area contributed by atoms with Crippen LogP contribution in [-0.4, -0.2) is 40.3 Å². The van der Waals surface area contributed by atoms with E-state index in [9.17, 15) is 23.3 Å². The van der Waals surface area contributed by atoms with Gasteiger partial charge in [-0.3, -0.25) is 19.5 Å². The van der Waals surface area contributed by atoms with Crippen LogP contribution in [0.5, 0.6) is 0 Å². The minimum atomic E-state index is -3.72. The minimum Gasteiger partial charge on any atom is -0.296 e. The number of fused-ring (bicyclic) bond motifs is 1. The number of nitro benzene ring substituents is 1. The molecular weight excluding hydrogens is 444 g/mol. The van der Waals surface area contributed by atoms with Crippen LogP contribution in [0.1, 0.15) is 32.0 Å². The summed E-state index contributed by atoms with van der Waals surface area (Å²) in [4.78, 5) is 28.2. The normalized spacial score (nSPS) is 15.7. The lowest BCUT2D eigenvalue weighted by molar-refractivity contribution is -0.384. The Bertz CT molecular complexity index is 1330. The summed E-state index contributed by atoms with van der Waals surface area (Å²) in [5, 5.41) is 11.4. The first-order valence-electron chi connectivity index (χ1n) is 11.0. The van der Waals surface area contributed by atoms with Crippen molar-refractivity contribution in [1.29, 1.82) is 0 Å². The molecule has 1 aromatic heterocycles. The number of benzene rings is 2. The summed E-state index contributed by atoms with van der Waals surface area (Å²) < 4.78 is 29.1. The van der Waals surface area contributed by atoms with Crippen LogP contribution in [0.15, 0.2) is 58.2 Å². The smallest absolute Gasteiger partial charge is 0.269 e. The molecule has 2 aromatic carbocycles. The minimum absolute atomic E-state index is 0.0479. The number of rotatable bonds is 7. The summed E-state index contributed by atoms with van der Waals surface area (Å²) in [5.41, 5.74) is 0.501. The topological polar surface area (TPSA) is 115 Å². The summed E-state index contributed by atoms with van der Waals surface area (Å²) in [6.45, 7) is 3.23. The fourth-order valence-corrected chi connectivity index (χ4v) is 5.77. The van der Waals surface area contributed by atoms with Crippen molar-refractivity contribution in [3.63, 3.8) is 0 Å². The highest BCUT2D eigenvalue weighted by molar-refractivity contribution is 7.89. The zero-order valence-electron chi connectivity index (χ0n) is 18.4. The maximum Gasteiger partial charge on any atom is 0.269 e. The third-order valence-electron chi connectivity index (χ3n) is 6.11. The molecular formula is C23H26N4O5S. The predicted molar refractivity (Wildman–Crippen MR) is 125 cm³/mol. The van der Waals surface area contributed by atoms with Gasteiger partial charge in [0.05, 0.1) is 20.7 Å². The van der Waals surface area contributed by atoms with Crippen molar-refractivity contribution < 1.29 is 13.3 Å². The summed E-state index contributed by atoms with van der Waals surface area (Å²) in [7, 11) is -3.72. The molecule has 0 amide bonds. The Balaban J connectivity index is 1.50. The van der Waals surface area contributed by atoms with Crippen LogP contribution in [0, 0.1) is 16.0 Å². The molecule has 3 aromatic rings. The average Bonchev–Trinajstić information content (AvgIpc) is 2.82. The van der Waals surface area contributed by atoms with E-state index in [4.69, 9.17) is 4.98 Å². The first-order chi connectivity index (χ1) is 15.8. The third-order valence-corrected chi connectivity index (χ3v) is 8.03. The second-order valence-corrected chi connectivity index (χ2v) is 10.2. The molecule has 10 heteroatoms. The lowest BCUT2D eigenvalue weighted by atomic mass is 9.98. The van der Waals surface area contributed by atoms with Gasteiger partial charge in [0.15, 0.2) is 0 Å². The quantitative estimate of drug-likeness (QED) is 0.386. The van der Waals surface area contributed by atoms with Crippen molar-refractivity contribution in [2.75, 3.05) is 13.1 Å². The van der Waals surface area contributed by atoms with Crippen molar-refractivity contribution >= 4 is 26.6 Å². The van der Waals surface area contributed by atoms with E-state index >= 15 is 0 Å². The molecule has 1 fully saturated rings. The standard InChI is InChI=1S/C23H26N4O5S/c1-2-5-22-24-21-7-4-3-6-20(21)23(28)26(22)16-17-12-14-25(15-13-17)33(31,32)19-10-8-18(9-11-19)27(29)30/h3-4,6-11,17H,2,5,12-16H2,1H3. The lowest BCUT2D eigenvalue weighted by Crippen LogP contribution is -2.40. The summed E-state index contributed by atoms with van der Waals surface area (Å²) in [6.07, 6.45) is 2.82. The number of non-ortho nitro benzene ring substituents is 1. The molecule has 9 nitrogen and oxygen atoms in total. The SMILES string of the molecule is CCCc1nc2ccccc2c(=O)n1CC1CCN(S(=O)(=O)c2ccc([N+](=O)[O-])cc2)CC1. The van der Waals surface area contributed by atoms with E-state index in [1.807, 2.05) is 25.1 Å². The summed E-state index contributed by atoms with van der Waals surface area (Å²) >= 11 is 0. The van der Waals surface area contributed by atoms with Crippen LogP contribution >= 0.6 is 0 Å². The van der Waals surface area contributed by atoms with Crippen LogP contribution in [0.25, 0.3) is 10.9 Å². The van der Waals surface area contributed by atoms with Gasteiger partial charge in [-0.2, -0.15) is 4.31 Å². The molecule has 0 unspecified atom stereocenters. The van der Waals surface area contributed by atoms with Crippen molar-refractivity contribution in [3.8, 4) is 0 Å². The van der Waals surface area contributed by atoms with E-state index in [0.717, 1.165) is 12.2 Å². The van der Waals surface area contributed by atoms with Crippen LogP contribution in [0.4, 0.5) is 5.69 Å². The molecule has 174 valence electrons. The highest BCUT2D eigenvalue weighted by atomic mass is 32.2. The second-order valence-electron chi connectivity index (χ2n) is 8.31. The van der Waals surface area contributed by atoms with Gasteiger partial charge in [0.1, 0.15) is 5.82 Å². The maximum absolute atomic E-state index is 13.2. The van der Waals surface area contributed by atoms with Gasteiger partial charge in [-0.25, -0.2) is 13.4 Å². The van der Waals surface area contributed by atoms with Gasteiger partial charge in [-0.05, 0) is 49.4 Å². The second kappa shape index (κ2) is 9.40. The number of aryl methyl sites for hydroxylation is 1. The Kier molecular flexibility index (Phi) is 6.57. The Labute approximate surface area is 191 Å². The third kappa shape index (κ3) is 4.67. The van der Waals surface area contributed by atoms with Gasteiger partial charge < -0.3 is 0 Å². The van der Waals surface area contributed by atoms with Gasteiger partial charge in [0.25, 0.3) is 11.2 Å². The molecule has 2 heterocycles. The number of para-hydroxylation sites is 1. The Morgan fingerprint density at radius 2 is 1.76 bits per heavy atom. The molecule has 0 radical (unpaired) electrons.